The first-order valence-electron chi connectivity index (χ1n) is 5.21. The first kappa shape index (κ1) is 8.79. The van der Waals surface area contributed by atoms with E-state index in [1.165, 1.54) is 25.0 Å². The zero-order valence-electron chi connectivity index (χ0n) is 8.75. The van der Waals surface area contributed by atoms with Crippen LogP contribution in [-0.2, 0) is 0 Å². The second-order valence-electron chi connectivity index (χ2n) is 4.35. The summed E-state index contributed by atoms with van der Waals surface area (Å²) in [5.41, 5.74) is 2.47. The summed E-state index contributed by atoms with van der Waals surface area (Å²) < 4.78 is 2.23. The molecule has 0 aromatic carbocycles. The Hall–Kier alpha value is -0.790. The van der Waals surface area contributed by atoms with Gasteiger partial charge in [-0.2, -0.15) is 5.10 Å². The molecule has 1 aromatic rings. The van der Waals surface area contributed by atoms with Crippen LogP contribution in [0.3, 0.4) is 0 Å². The van der Waals surface area contributed by atoms with Crippen LogP contribution in [0, 0.1) is 19.8 Å². The molecule has 0 spiro atoms. The van der Waals surface area contributed by atoms with E-state index in [1.54, 1.807) is 0 Å². The molecule has 0 N–H and O–H groups in total. The largest absolute Gasteiger partial charge is 0.266 e. The van der Waals surface area contributed by atoms with Crippen molar-refractivity contribution in [1.29, 1.82) is 0 Å². The zero-order valence-corrected chi connectivity index (χ0v) is 8.75. The average Bonchev–Trinajstić information content (AvgIpc) is 2.58. The Morgan fingerprint density at radius 3 is 2.62 bits per heavy atom. The summed E-state index contributed by atoms with van der Waals surface area (Å²) in [7, 11) is 0. The van der Waals surface area contributed by atoms with Gasteiger partial charge in [0.2, 0.25) is 0 Å². The topological polar surface area (TPSA) is 17.8 Å². The Bertz CT molecular complexity index is 301. The van der Waals surface area contributed by atoms with E-state index in [9.17, 15) is 0 Å². The van der Waals surface area contributed by atoms with Gasteiger partial charge in [0.05, 0.1) is 11.7 Å². The molecule has 1 aliphatic rings. The van der Waals surface area contributed by atoms with Gasteiger partial charge in [-0.05, 0) is 38.7 Å². The van der Waals surface area contributed by atoms with Gasteiger partial charge in [0.1, 0.15) is 0 Å². The van der Waals surface area contributed by atoms with Crippen LogP contribution in [0.4, 0.5) is 0 Å². The molecule has 0 saturated heterocycles. The third kappa shape index (κ3) is 1.50. The van der Waals surface area contributed by atoms with Gasteiger partial charge >= 0.3 is 0 Å². The highest BCUT2D eigenvalue weighted by molar-refractivity contribution is 5.08. The van der Waals surface area contributed by atoms with Crippen molar-refractivity contribution in [3.05, 3.63) is 17.5 Å². The minimum Gasteiger partial charge on any atom is -0.266 e. The quantitative estimate of drug-likeness (QED) is 0.646. The molecule has 1 aromatic heterocycles. The first-order valence-corrected chi connectivity index (χ1v) is 5.21. The summed E-state index contributed by atoms with van der Waals surface area (Å²) in [5, 5.41) is 4.56. The van der Waals surface area contributed by atoms with Crippen LogP contribution >= 0.6 is 0 Å². The summed E-state index contributed by atoms with van der Waals surface area (Å²) in [6.07, 6.45) is 4.04. The molecular formula is C11H18N2. The molecule has 1 saturated carbocycles. The van der Waals surface area contributed by atoms with Crippen LogP contribution in [0.25, 0.3) is 0 Å². The maximum absolute atomic E-state index is 4.56. The average molecular weight is 178 g/mol. The van der Waals surface area contributed by atoms with Crippen LogP contribution < -0.4 is 0 Å². The second-order valence-corrected chi connectivity index (χ2v) is 4.35. The molecule has 2 nitrogen and oxygen atoms in total. The van der Waals surface area contributed by atoms with Crippen LogP contribution in [0.1, 0.15) is 43.6 Å². The highest BCUT2D eigenvalue weighted by atomic mass is 15.3. The van der Waals surface area contributed by atoms with E-state index in [-0.39, 0.29) is 0 Å². The molecule has 1 fully saturated rings. The van der Waals surface area contributed by atoms with Crippen LogP contribution in [-0.4, -0.2) is 9.78 Å². The Labute approximate surface area is 80.0 Å². The number of aryl methyl sites for hydroxylation is 2. The van der Waals surface area contributed by atoms with Gasteiger partial charge in [0, 0.05) is 5.69 Å². The standard InChI is InChI=1S/C11H18N2/c1-8-5-4-6-11(8)13-10(3)7-9(2)12-13/h7-8,11H,4-6H2,1-3H3/t8-,11-/m0/s1. The molecule has 0 amide bonds. The van der Waals surface area contributed by atoms with Gasteiger partial charge in [0.15, 0.2) is 0 Å². The smallest absolute Gasteiger partial charge is 0.0596 e. The van der Waals surface area contributed by atoms with Gasteiger partial charge in [-0.1, -0.05) is 13.3 Å². The van der Waals surface area contributed by atoms with E-state index in [1.807, 2.05) is 0 Å². The van der Waals surface area contributed by atoms with Gasteiger partial charge in [-0.25, -0.2) is 0 Å². The normalized spacial score (nSPS) is 28.2. The van der Waals surface area contributed by atoms with Crippen molar-refractivity contribution in [2.45, 2.75) is 46.1 Å². The number of nitrogens with zero attached hydrogens (tertiary/aromatic N) is 2. The molecule has 0 aliphatic heterocycles. The highest BCUT2D eigenvalue weighted by Gasteiger charge is 2.26. The monoisotopic (exact) mass is 178 g/mol. The Morgan fingerprint density at radius 1 is 1.38 bits per heavy atom. The van der Waals surface area contributed by atoms with Gasteiger partial charge < -0.3 is 0 Å². The van der Waals surface area contributed by atoms with Crippen molar-refractivity contribution in [1.82, 2.24) is 9.78 Å². The SMILES string of the molecule is Cc1cc(C)n([C@H]2CCC[C@@H]2C)n1. The van der Waals surface area contributed by atoms with Gasteiger partial charge in [-0.15, -0.1) is 0 Å². The number of hydrogen-bond donors (Lipinski definition) is 0. The van der Waals surface area contributed by atoms with E-state index >= 15 is 0 Å². The molecule has 0 radical (unpaired) electrons. The summed E-state index contributed by atoms with van der Waals surface area (Å²) in [6.45, 7) is 6.57. The van der Waals surface area contributed by atoms with E-state index in [4.69, 9.17) is 0 Å². The van der Waals surface area contributed by atoms with Crippen LogP contribution in [0.15, 0.2) is 6.07 Å². The van der Waals surface area contributed by atoms with Crippen molar-refractivity contribution in [2.75, 3.05) is 0 Å². The van der Waals surface area contributed by atoms with Gasteiger partial charge in [0.25, 0.3) is 0 Å². The predicted molar refractivity (Wildman–Crippen MR) is 53.8 cm³/mol. The van der Waals surface area contributed by atoms with Crippen molar-refractivity contribution < 1.29 is 0 Å². The lowest BCUT2D eigenvalue weighted by molar-refractivity contribution is 0.367. The highest BCUT2D eigenvalue weighted by Crippen LogP contribution is 2.35. The van der Waals surface area contributed by atoms with Crippen molar-refractivity contribution in [3.8, 4) is 0 Å². The summed E-state index contributed by atoms with van der Waals surface area (Å²) in [4.78, 5) is 0. The lowest BCUT2D eigenvalue weighted by atomic mass is 10.1. The molecule has 1 heterocycles. The molecule has 72 valence electrons. The maximum Gasteiger partial charge on any atom is 0.0596 e. The Morgan fingerprint density at radius 2 is 2.15 bits per heavy atom. The predicted octanol–water partition coefficient (Wildman–Crippen LogP) is 2.86. The fourth-order valence-electron chi connectivity index (χ4n) is 2.47. The molecule has 0 unspecified atom stereocenters. The van der Waals surface area contributed by atoms with Crippen molar-refractivity contribution in [2.24, 2.45) is 5.92 Å². The molecular weight excluding hydrogens is 160 g/mol. The zero-order chi connectivity index (χ0) is 9.42. The molecule has 1 aliphatic carbocycles. The van der Waals surface area contributed by atoms with Crippen molar-refractivity contribution in [3.63, 3.8) is 0 Å². The summed E-state index contributed by atoms with van der Waals surface area (Å²) in [6, 6.07) is 2.83. The Balaban J connectivity index is 2.28. The summed E-state index contributed by atoms with van der Waals surface area (Å²) >= 11 is 0. The fourth-order valence-corrected chi connectivity index (χ4v) is 2.47. The van der Waals surface area contributed by atoms with E-state index < -0.39 is 0 Å². The Kier molecular flexibility index (Phi) is 2.14. The lowest BCUT2D eigenvalue weighted by Crippen LogP contribution is -2.14. The minimum absolute atomic E-state index is 0.661. The molecule has 2 heteroatoms. The third-order valence-corrected chi connectivity index (χ3v) is 3.17. The molecule has 0 bridgehead atoms. The van der Waals surface area contributed by atoms with Crippen LogP contribution in [0.2, 0.25) is 0 Å². The minimum atomic E-state index is 0.661. The first-order chi connectivity index (χ1) is 6.18. The van der Waals surface area contributed by atoms with Crippen LogP contribution in [0.5, 0.6) is 0 Å². The van der Waals surface area contributed by atoms with Gasteiger partial charge in [-0.3, -0.25) is 4.68 Å². The fraction of sp³-hybridized carbons (Fsp3) is 0.727. The van der Waals surface area contributed by atoms with E-state index in [2.05, 4.69) is 36.6 Å². The maximum atomic E-state index is 4.56. The number of hydrogen-bond acceptors (Lipinski definition) is 1. The third-order valence-electron chi connectivity index (χ3n) is 3.17. The van der Waals surface area contributed by atoms with Crippen molar-refractivity contribution >= 4 is 0 Å². The molecule has 2 atom stereocenters. The molecule has 13 heavy (non-hydrogen) atoms. The second kappa shape index (κ2) is 3.17. The molecule has 2 rings (SSSR count). The summed E-state index contributed by atoms with van der Waals surface area (Å²) in [5.74, 6) is 0.804. The number of rotatable bonds is 1. The van der Waals surface area contributed by atoms with E-state index in [0.717, 1.165) is 11.6 Å². The number of aromatic nitrogens is 2. The lowest BCUT2D eigenvalue weighted by Gasteiger charge is -2.17. The van der Waals surface area contributed by atoms with E-state index in [0.29, 0.717) is 6.04 Å².